The van der Waals surface area contributed by atoms with E-state index in [1.807, 2.05) is 11.8 Å². The first-order valence-corrected chi connectivity index (χ1v) is 8.78. The van der Waals surface area contributed by atoms with Crippen molar-refractivity contribution in [3.05, 3.63) is 0 Å². The molecule has 90 valence electrons. The second kappa shape index (κ2) is 6.76. The minimum Gasteiger partial charge on any atom is -0.314 e. The molecule has 0 unspecified atom stereocenters. The molecule has 3 nitrogen and oxygen atoms in total. The maximum atomic E-state index is 11.2. The van der Waals surface area contributed by atoms with Crippen LogP contribution in [0.5, 0.6) is 0 Å². The number of sulfone groups is 1. The summed E-state index contributed by atoms with van der Waals surface area (Å²) in [5.41, 5.74) is 0. The van der Waals surface area contributed by atoms with Gasteiger partial charge in [-0.2, -0.15) is 11.8 Å². The summed E-state index contributed by atoms with van der Waals surface area (Å²) in [7, 11) is -2.70. The van der Waals surface area contributed by atoms with E-state index >= 15 is 0 Å². The average molecular weight is 251 g/mol. The van der Waals surface area contributed by atoms with Crippen molar-refractivity contribution in [3.63, 3.8) is 0 Å². The SMILES string of the molecule is CSCCCCNC1CCS(=O)(=O)CC1. The predicted molar refractivity (Wildman–Crippen MR) is 67.3 cm³/mol. The quantitative estimate of drug-likeness (QED) is 0.723. The molecule has 0 spiro atoms. The Labute approximate surface area is 97.3 Å². The van der Waals surface area contributed by atoms with Crippen molar-refractivity contribution >= 4 is 21.6 Å². The Morgan fingerprint density at radius 3 is 2.53 bits per heavy atom. The zero-order valence-electron chi connectivity index (χ0n) is 9.37. The third-order valence-electron chi connectivity index (χ3n) is 2.76. The first-order chi connectivity index (χ1) is 7.14. The topological polar surface area (TPSA) is 46.2 Å². The summed E-state index contributed by atoms with van der Waals surface area (Å²) in [5, 5.41) is 3.44. The Bertz CT molecular complexity index is 251. The first-order valence-electron chi connectivity index (χ1n) is 5.57. The fraction of sp³-hybridized carbons (Fsp3) is 1.00. The van der Waals surface area contributed by atoms with Gasteiger partial charge in [0.15, 0.2) is 0 Å². The van der Waals surface area contributed by atoms with Crippen LogP contribution in [0.3, 0.4) is 0 Å². The van der Waals surface area contributed by atoms with Gasteiger partial charge in [0, 0.05) is 6.04 Å². The zero-order chi connectivity index (χ0) is 11.1. The summed E-state index contributed by atoms with van der Waals surface area (Å²) < 4.78 is 22.4. The van der Waals surface area contributed by atoms with Gasteiger partial charge >= 0.3 is 0 Å². The zero-order valence-corrected chi connectivity index (χ0v) is 11.0. The number of thioether (sulfide) groups is 1. The number of hydrogen-bond acceptors (Lipinski definition) is 4. The van der Waals surface area contributed by atoms with E-state index in [4.69, 9.17) is 0 Å². The van der Waals surface area contributed by atoms with Crippen molar-refractivity contribution in [1.82, 2.24) is 5.32 Å². The molecule has 1 saturated heterocycles. The van der Waals surface area contributed by atoms with Gasteiger partial charge in [-0.25, -0.2) is 8.42 Å². The Hall–Kier alpha value is 0.260. The standard InChI is InChI=1S/C10H21NO2S2/c1-14-7-3-2-6-11-10-4-8-15(12,13)9-5-10/h10-11H,2-9H2,1H3. The molecule has 0 saturated carbocycles. The molecule has 15 heavy (non-hydrogen) atoms. The smallest absolute Gasteiger partial charge is 0.150 e. The molecule has 0 bridgehead atoms. The van der Waals surface area contributed by atoms with Gasteiger partial charge in [-0.3, -0.25) is 0 Å². The Balaban J connectivity index is 2.04. The molecule has 0 atom stereocenters. The molecule has 0 radical (unpaired) electrons. The van der Waals surface area contributed by atoms with Crippen LogP contribution in [0.4, 0.5) is 0 Å². The highest BCUT2D eigenvalue weighted by Gasteiger charge is 2.22. The number of hydrogen-bond donors (Lipinski definition) is 1. The van der Waals surface area contributed by atoms with Crippen molar-refractivity contribution in [2.24, 2.45) is 0 Å². The van der Waals surface area contributed by atoms with Crippen molar-refractivity contribution < 1.29 is 8.42 Å². The molecule has 1 heterocycles. The molecule has 0 aliphatic carbocycles. The lowest BCUT2D eigenvalue weighted by Crippen LogP contribution is -2.37. The maximum Gasteiger partial charge on any atom is 0.150 e. The summed E-state index contributed by atoms with van der Waals surface area (Å²) >= 11 is 1.88. The van der Waals surface area contributed by atoms with E-state index in [0.717, 1.165) is 19.4 Å². The van der Waals surface area contributed by atoms with Crippen LogP contribution in [0.15, 0.2) is 0 Å². The summed E-state index contributed by atoms with van der Waals surface area (Å²) in [6.07, 6.45) is 6.17. The highest BCUT2D eigenvalue weighted by Crippen LogP contribution is 2.12. The van der Waals surface area contributed by atoms with E-state index in [2.05, 4.69) is 11.6 Å². The fourth-order valence-corrected chi connectivity index (χ4v) is 3.76. The molecule has 0 amide bonds. The second-order valence-corrected chi connectivity index (χ2v) is 7.37. The van der Waals surface area contributed by atoms with Crippen LogP contribution in [-0.2, 0) is 9.84 Å². The van der Waals surface area contributed by atoms with Gasteiger partial charge in [-0.15, -0.1) is 0 Å². The Morgan fingerprint density at radius 1 is 1.27 bits per heavy atom. The highest BCUT2D eigenvalue weighted by atomic mass is 32.2. The van der Waals surface area contributed by atoms with Crippen molar-refractivity contribution in [1.29, 1.82) is 0 Å². The largest absolute Gasteiger partial charge is 0.314 e. The predicted octanol–water partition coefficient (Wildman–Crippen LogP) is 1.30. The van der Waals surface area contributed by atoms with Crippen LogP contribution in [0.25, 0.3) is 0 Å². The number of unbranched alkanes of at least 4 members (excludes halogenated alkanes) is 1. The molecule has 1 rings (SSSR count). The molecule has 1 aliphatic heterocycles. The Morgan fingerprint density at radius 2 is 1.93 bits per heavy atom. The van der Waals surface area contributed by atoms with Gasteiger partial charge in [0.2, 0.25) is 0 Å². The third kappa shape index (κ3) is 5.78. The third-order valence-corrected chi connectivity index (χ3v) is 5.18. The monoisotopic (exact) mass is 251 g/mol. The molecule has 1 fully saturated rings. The van der Waals surface area contributed by atoms with Crippen LogP contribution in [-0.4, -0.2) is 44.5 Å². The van der Waals surface area contributed by atoms with Crippen molar-refractivity contribution in [2.75, 3.05) is 30.1 Å². The van der Waals surface area contributed by atoms with Gasteiger partial charge in [-0.1, -0.05) is 0 Å². The van der Waals surface area contributed by atoms with E-state index < -0.39 is 9.84 Å². The van der Waals surface area contributed by atoms with Crippen LogP contribution < -0.4 is 5.32 Å². The summed E-state index contributed by atoms with van der Waals surface area (Å²) in [4.78, 5) is 0. The van der Waals surface area contributed by atoms with Gasteiger partial charge < -0.3 is 5.32 Å². The number of rotatable bonds is 6. The molecular formula is C10H21NO2S2. The molecule has 1 N–H and O–H groups in total. The Kier molecular flexibility index (Phi) is 6.00. The van der Waals surface area contributed by atoms with E-state index in [1.54, 1.807) is 0 Å². The van der Waals surface area contributed by atoms with Crippen LogP contribution >= 0.6 is 11.8 Å². The molecule has 5 heteroatoms. The van der Waals surface area contributed by atoms with Crippen molar-refractivity contribution in [3.8, 4) is 0 Å². The average Bonchev–Trinajstić information content (AvgIpc) is 2.20. The van der Waals surface area contributed by atoms with Gasteiger partial charge in [0.1, 0.15) is 9.84 Å². The fourth-order valence-electron chi connectivity index (χ4n) is 1.77. The maximum absolute atomic E-state index is 11.2. The lowest BCUT2D eigenvalue weighted by molar-refractivity contribution is 0.459. The second-order valence-electron chi connectivity index (χ2n) is 4.08. The minimum absolute atomic E-state index is 0.371. The van der Waals surface area contributed by atoms with Gasteiger partial charge in [0.25, 0.3) is 0 Å². The molecule has 0 aromatic rings. The normalized spacial score (nSPS) is 21.7. The van der Waals surface area contributed by atoms with Crippen LogP contribution in [0.1, 0.15) is 25.7 Å². The van der Waals surface area contributed by atoms with E-state index in [-0.39, 0.29) is 0 Å². The van der Waals surface area contributed by atoms with E-state index in [1.165, 1.54) is 18.6 Å². The van der Waals surface area contributed by atoms with Gasteiger partial charge in [-0.05, 0) is 44.2 Å². The first kappa shape index (κ1) is 13.3. The molecule has 1 aliphatic rings. The van der Waals surface area contributed by atoms with Crippen molar-refractivity contribution in [2.45, 2.75) is 31.7 Å². The lowest BCUT2D eigenvalue weighted by Gasteiger charge is -2.23. The molecule has 0 aromatic heterocycles. The summed E-state index contributed by atoms with van der Waals surface area (Å²) in [6.45, 7) is 1.03. The molecular weight excluding hydrogens is 230 g/mol. The van der Waals surface area contributed by atoms with E-state index in [0.29, 0.717) is 17.5 Å². The van der Waals surface area contributed by atoms with E-state index in [9.17, 15) is 8.42 Å². The number of nitrogens with one attached hydrogen (secondary N) is 1. The van der Waals surface area contributed by atoms with Crippen LogP contribution in [0.2, 0.25) is 0 Å². The van der Waals surface area contributed by atoms with Gasteiger partial charge in [0.05, 0.1) is 11.5 Å². The highest BCUT2D eigenvalue weighted by molar-refractivity contribution is 7.98. The minimum atomic E-state index is -2.70. The summed E-state index contributed by atoms with van der Waals surface area (Å²) in [5.74, 6) is 1.96. The van der Waals surface area contributed by atoms with Crippen LogP contribution in [0, 0.1) is 0 Å². The molecule has 0 aromatic carbocycles. The lowest BCUT2D eigenvalue weighted by atomic mass is 10.1. The summed E-state index contributed by atoms with van der Waals surface area (Å²) in [6, 6.07) is 0.433.